The molecule has 1 aromatic rings. The minimum absolute atomic E-state index is 0.275. The number of ether oxygens (including phenoxy) is 1. The monoisotopic (exact) mass is 234 g/mol. The summed E-state index contributed by atoms with van der Waals surface area (Å²) in [5.74, 6) is 1.21. The molecule has 17 heavy (non-hydrogen) atoms. The van der Waals surface area contributed by atoms with Crippen LogP contribution >= 0.6 is 0 Å². The zero-order valence-electron chi connectivity index (χ0n) is 10.9. The maximum atomic E-state index is 10.4. The minimum atomic E-state index is -0.391. The van der Waals surface area contributed by atoms with Crippen molar-refractivity contribution in [3.63, 3.8) is 0 Å². The third-order valence-corrected chi connectivity index (χ3v) is 3.67. The number of hydrogen-bond acceptors (Lipinski definition) is 2. The van der Waals surface area contributed by atoms with E-state index in [4.69, 9.17) is 4.74 Å². The highest BCUT2D eigenvalue weighted by Crippen LogP contribution is 2.58. The van der Waals surface area contributed by atoms with Gasteiger partial charge in [0.25, 0.3) is 0 Å². The third kappa shape index (κ3) is 2.63. The van der Waals surface area contributed by atoms with Gasteiger partial charge in [0, 0.05) is 5.56 Å². The predicted molar refractivity (Wildman–Crippen MR) is 69.1 cm³/mol. The predicted octanol–water partition coefficient (Wildman–Crippen LogP) is 3.55. The Morgan fingerprint density at radius 3 is 2.65 bits per heavy atom. The van der Waals surface area contributed by atoms with Crippen LogP contribution in [0.3, 0.4) is 0 Å². The molecule has 0 amide bonds. The molecule has 0 heterocycles. The van der Waals surface area contributed by atoms with Crippen molar-refractivity contribution in [2.24, 2.45) is 11.3 Å². The number of hydrogen-bond donors (Lipinski definition) is 1. The summed E-state index contributed by atoms with van der Waals surface area (Å²) in [6.07, 6.45) is 1.69. The molecule has 2 rings (SSSR count). The number of para-hydroxylation sites is 1. The van der Waals surface area contributed by atoms with Crippen molar-refractivity contribution in [3.8, 4) is 5.75 Å². The van der Waals surface area contributed by atoms with E-state index in [9.17, 15) is 5.11 Å². The summed E-state index contributed by atoms with van der Waals surface area (Å²) in [6, 6.07) is 7.85. The molecule has 1 aliphatic carbocycles. The fourth-order valence-corrected chi connectivity index (χ4v) is 2.33. The van der Waals surface area contributed by atoms with E-state index in [0.717, 1.165) is 24.2 Å². The zero-order chi connectivity index (χ0) is 12.5. The van der Waals surface area contributed by atoms with Gasteiger partial charge in [-0.3, -0.25) is 0 Å². The van der Waals surface area contributed by atoms with Gasteiger partial charge >= 0.3 is 0 Å². The molecule has 94 valence electrons. The molecule has 0 aromatic heterocycles. The molecule has 1 N–H and O–H groups in total. The Labute approximate surface area is 104 Å². The van der Waals surface area contributed by atoms with E-state index >= 15 is 0 Å². The highest BCUT2D eigenvalue weighted by molar-refractivity contribution is 5.36. The Morgan fingerprint density at radius 2 is 2.06 bits per heavy atom. The second-order valence-electron chi connectivity index (χ2n) is 5.63. The van der Waals surface area contributed by atoms with Gasteiger partial charge in [-0.05, 0) is 30.2 Å². The Bertz CT molecular complexity index is 384. The molecule has 2 unspecified atom stereocenters. The second-order valence-corrected chi connectivity index (χ2v) is 5.63. The van der Waals surface area contributed by atoms with E-state index in [1.807, 2.05) is 24.3 Å². The Hall–Kier alpha value is -1.02. The molecule has 0 saturated heterocycles. The molecule has 0 spiro atoms. The van der Waals surface area contributed by atoms with E-state index < -0.39 is 6.10 Å². The zero-order valence-corrected chi connectivity index (χ0v) is 10.9. The lowest BCUT2D eigenvalue weighted by molar-refractivity contribution is 0.133. The number of aliphatic hydroxyl groups excluding tert-OH is 1. The molecule has 0 radical (unpaired) electrons. The van der Waals surface area contributed by atoms with Crippen molar-refractivity contribution in [1.29, 1.82) is 0 Å². The number of benzene rings is 1. The number of aliphatic hydroxyl groups is 1. The lowest BCUT2D eigenvalue weighted by Gasteiger charge is -2.17. The van der Waals surface area contributed by atoms with E-state index in [0.29, 0.717) is 12.5 Å². The van der Waals surface area contributed by atoms with E-state index in [1.165, 1.54) is 0 Å². The van der Waals surface area contributed by atoms with E-state index in [2.05, 4.69) is 20.8 Å². The molecule has 0 bridgehead atoms. The van der Waals surface area contributed by atoms with Gasteiger partial charge in [0.2, 0.25) is 0 Å². The Kier molecular flexibility index (Phi) is 3.43. The van der Waals surface area contributed by atoms with Crippen LogP contribution in [0.4, 0.5) is 0 Å². The van der Waals surface area contributed by atoms with Gasteiger partial charge in [0.15, 0.2) is 0 Å². The van der Waals surface area contributed by atoms with Crippen molar-refractivity contribution in [1.82, 2.24) is 0 Å². The average Bonchev–Trinajstić information content (AvgIpc) is 2.95. The molecule has 2 nitrogen and oxygen atoms in total. The topological polar surface area (TPSA) is 29.5 Å². The van der Waals surface area contributed by atoms with Gasteiger partial charge in [-0.1, -0.05) is 39.0 Å². The first-order chi connectivity index (χ1) is 8.06. The fraction of sp³-hybridized carbons (Fsp3) is 0.600. The van der Waals surface area contributed by atoms with Crippen LogP contribution in [-0.4, -0.2) is 11.7 Å². The standard InChI is InChI=1S/C15H22O2/c1-4-9-17-13-8-6-5-7-11(13)14(16)12-10-15(12,2)3/h5-8,12,14,16H,4,9-10H2,1-3H3. The molecule has 1 saturated carbocycles. The summed E-state index contributed by atoms with van der Waals surface area (Å²) in [5, 5.41) is 10.4. The van der Waals surface area contributed by atoms with Crippen LogP contribution in [0.5, 0.6) is 5.75 Å². The van der Waals surface area contributed by atoms with Crippen LogP contribution in [0.1, 0.15) is 45.3 Å². The van der Waals surface area contributed by atoms with Gasteiger partial charge in [-0.2, -0.15) is 0 Å². The first-order valence-corrected chi connectivity index (χ1v) is 6.46. The third-order valence-electron chi connectivity index (χ3n) is 3.67. The van der Waals surface area contributed by atoms with Crippen molar-refractivity contribution in [2.45, 2.75) is 39.7 Å². The lowest BCUT2D eigenvalue weighted by atomic mass is 9.99. The summed E-state index contributed by atoms with van der Waals surface area (Å²) in [6.45, 7) is 7.20. The molecule has 1 aliphatic rings. The van der Waals surface area contributed by atoms with Gasteiger partial charge in [-0.25, -0.2) is 0 Å². The van der Waals surface area contributed by atoms with Crippen molar-refractivity contribution in [3.05, 3.63) is 29.8 Å². The second kappa shape index (κ2) is 4.69. The van der Waals surface area contributed by atoms with Gasteiger partial charge < -0.3 is 9.84 Å². The fourth-order valence-electron chi connectivity index (χ4n) is 2.33. The lowest BCUT2D eigenvalue weighted by Crippen LogP contribution is -2.07. The van der Waals surface area contributed by atoms with Crippen LogP contribution in [0.25, 0.3) is 0 Å². The summed E-state index contributed by atoms with van der Waals surface area (Å²) in [5.41, 5.74) is 1.22. The first kappa shape index (κ1) is 12.4. The van der Waals surface area contributed by atoms with Gasteiger partial charge in [0.05, 0.1) is 12.7 Å². The summed E-state index contributed by atoms with van der Waals surface area (Å²) >= 11 is 0. The Balaban J connectivity index is 2.14. The van der Waals surface area contributed by atoms with Crippen molar-refractivity contribution < 1.29 is 9.84 Å². The molecule has 2 heteroatoms. The SMILES string of the molecule is CCCOc1ccccc1C(O)C1CC1(C)C. The van der Waals surface area contributed by atoms with E-state index in [-0.39, 0.29) is 5.41 Å². The maximum absolute atomic E-state index is 10.4. The normalized spacial score (nSPS) is 23.2. The van der Waals surface area contributed by atoms with Crippen LogP contribution in [0.15, 0.2) is 24.3 Å². The average molecular weight is 234 g/mol. The van der Waals surface area contributed by atoms with Crippen LogP contribution < -0.4 is 4.74 Å². The minimum Gasteiger partial charge on any atom is -0.493 e. The molecular weight excluding hydrogens is 212 g/mol. The number of rotatable bonds is 5. The maximum Gasteiger partial charge on any atom is 0.125 e. The highest BCUT2D eigenvalue weighted by atomic mass is 16.5. The Morgan fingerprint density at radius 1 is 1.41 bits per heavy atom. The van der Waals surface area contributed by atoms with Gasteiger partial charge in [0.1, 0.15) is 5.75 Å². The van der Waals surface area contributed by atoms with Crippen LogP contribution in [0, 0.1) is 11.3 Å². The molecular formula is C15H22O2. The molecule has 2 atom stereocenters. The largest absolute Gasteiger partial charge is 0.493 e. The quantitative estimate of drug-likeness (QED) is 0.844. The van der Waals surface area contributed by atoms with E-state index in [1.54, 1.807) is 0 Å². The molecule has 1 aromatic carbocycles. The summed E-state index contributed by atoms with van der Waals surface area (Å²) < 4.78 is 5.69. The van der Waals surface area contributed by atoms with Crippen molar-refractivity contribution >= 4 is 0 Å². The van der Waals surface area contributed by atoms with Crippen LogP contribution in [-0.2, 0) is 0 Å². The first-order valence-electron chi connectivity index (χ1n) is 6.46. The van der Waals surface area contributed by atoms with Crippen molar-refractivity contribution in [2.75, 3.05) is 6.61 Å². The molecule has 1 fully saturated rings. The highest BCUT2D eigenvalue weighted by Gasteiger charge is 2.50. The van der Waals surface area contributed by atoms with Gasteiger partial charge in [-0.15, -0.1) is 0 Å². The van der Waals surface area contributed by atoms with Crippen LogP contribution in [0.2, 0.25) is 0 Å². The molecule has 0 aliphatic heterocycles. The summed E-state index contributed by atoms with van der Waals surface area (Å²) in [7, 11) is 0. The smallest absolute Gasteiger partial charge is 0.125 e. The summed E-state index contributed by atoms with van der Waals surface area (Å²) in [4.78, 5) is 0.